The number of benzene rings is 4. The van der Waals surface area contributed by atoms with Crippen molar-refractivity contribution in [3.63, 3.8) is 0 Å². The highest BCUT2D eigenvalue weighted by molar-refractivity contribution is 6.04. The number of hydrogen-bond acceptors (Lipinski definition) is 19. The fourth-order valence-electron chi connectivity index (χ4n) is 8.29. The second-order valence-electron chi connectivity index (χ2n) is 20.4. The van der Waals surface area contributed by atoms with Crippen molar-refractivity contribution in [1.82, 2.24) is 39.9 Å². The number of nitrogen functional groups attached to an aromatic ring is 1. The Balaban J connectivity index is 0.000000251. The van der Waals surface area contributed by atoms with E-state index in [9.17, 15) is 28.8 Å². The second-order valence-corrected chi connectivity index (χ2v) is 20.4. The maximum Gasteiger partial charge on any atom is 0.337 e. The van der Waals surface area contributed by atoms with Crippen molar-refractivity contribution in [2.75, 3.05) is 27.1 Å². The van der Waals surface area contributed by atoms with Crippen molar-refractivity contribution in [3.8, 4) is 22.5 Å². The molecule has 0 bridgehead atoms. The lowest BCUT2D eigenvalue weighted by Gasteiger charge is -2.08. The molecule has 0 spiro atoms. The van der Waals surface area contributed by atoms with Gasteiger partial charge in [0.1, 0.15) is 11.6 Å². The standard InChI is InChI=1S/C19H17N3O2.C18H15N3O2.C11H14N2O2.C9H11NO2.C9H9NO.C7H7NO.CH4/c1-13-5-6-14(19(23)24-2)10-16(13)11-18-21-9-7-17(22-18)15-4-3-8-20-12-15;1-12-4-5-13(18(22)23)9-15(12)10-17-20-8-6-16(21-17)14-3-2-7-19-11-14;1-7-3-4-8(11(14)15-2)5-9(7)6-10(12)13;1-6-3-4-7(5-8(6)10)9(11)12-2;1-2-4-9(11)8-5-3-6-10-7-8;1-6(9)7-3-2-4-8-5-7;/h3-10,12H,11H2,1-2H3;2-9,11H,10H2,1H3,(H,22,23);3-5H,6H2,1-2H3,(H3,12,13);3-5H,10H2,1-2H3;2-7H,1H3;2-5H,1H3;1H4/b;;;;4-2+;;. The lowest BCUT2D eigenvalue weighted by Crippen LogP contribution is -2.14. The molecule has 0 saturated carbocycles. The third kappa shape index (κ3) is 24.9. The number of rotatable bonds is 15. The average Bonchev–Trinajstić information content (AvgIpc) is 0.922. The number of aromatic nitrogens is 8. The van der Waals surface area contributed by atoms with Crippen LogP contribution in [-0.2, 0) is 33.5 Å². The summed E-state index contributed by atoms with van der Waals surface area (Å²) in [5, 5.41) is 16.3. The van der Waals surface area contributed by atoms with Crippen LogP contribution in [0.15, 0.2) is 208 Å². The number of anilines is 1. The Morgan fingerprint density at radius 3 is 1.25 bits per heavy atom. The van der Waals surface area contributed by atoms with Gasteiger partial charge in [-0.25, -0.2) is 39.1 Å². The Labute approximate surface area is 553 Å². The Kier molecular flexibility index (Phi) is 31.1. The van der Waals surface area contributed by atoms with Gasteiger partial charge in [-0.3, -0.25) is 34.9 Å². The van der Waals surface area contributed by atoms with Crippen LogP contribution in [0.2, 0.25) is 0 Å². The number of ketones is 2. The van der Waals surface area contributed by atoms with Crippen molar-refractivity contribution in [3.05, 3.63) is 292 Å². The number of allylic oxidation sites excluding steroid dienone is 2. The van der Waals surface area contributed by atoms with Crippen LogP contribution < -0.4 is 11.5 Å². The largest absolute Gasteiger partial charge is 0.478 e. The molecule has 488 valence electrons. The summed E-state index contributed by atoms with van der Waals surface area (Å²) in [5.74, 6) is -0.527. The van der Waals surface area contributed by atoms with Crippen LogP contribution in [0.4, 0.5) is 5.69 Å². The number of aryl methyl sites for hydroxylation is 4. The minimum atomic E-state index is -0.934. The molecule has 0 amide bonds. The normalized spacial score (nSPS) is 9.95. The van der Waals surface area contributed by atoms with Crippen LogP contribution in [-0.4, -0.2) is 108 Å². The van der Waals surface area contributed by atoms with Crippen molar-refractivity contribution >= 4 is 47.0 Å². The van der Waals surface area contributed by atoms with E-state index in [2.05, 4.69) is 49.3 Å². The molecular formula is C74H77N11O10. The van der Waals surface area contributed by atoms with Crippen LogP contribution in [0.25, 0.3) is 22.5 Å². The highest BCUT2D eigenvalue weighted by Crippen LogP contribution is 2.21. The number of Topliss-reactive ketones (excluding diaryl/α,β-unsaturated/α-hetero) is 1. The van der Waals surface area contributed by atoms with Gasteiger partial charge in [0, 0.05) is 109 Å². The zero-order chi connectivity index (χ0) is 68.5. The molecule has 0 aliphatic carbocycles. The number of nitrogens with zero attached hydrogens (tertiary/aromatic N) is 8. The molecule has 10 aromatic rings. The lowest BCUT2D eigenvalue weighted by molar-refractivity contribution is 0.0591. The van der Waals surface area contributed by atoms with Gasteiger partial charge in [0.25, 0.3) is 0 Å². The first-order valence-electron chi connectivity index (χ1n) is 29.0. The predicted octanol–water partition coefficient (Wildman–Crippen LogP) is 12.7. The monoisotopic (exact) mass is 1280 g/mol. The lowest BCUT2D eigenvalue weighted by atomic mass is 10.0. The van der Waals surface area contributed by atoms with Gasteiger partial charge < -0.3 is 30.8 Å². The SMILES string of the molecule is C.C/C=C/C(=O)c1cccnc1.CC(=O)c1cccnc1.COC(=O)c1ccc(C)c(CC(=N)N)c1.COC(=O)c1ccc(C)c(Cc2nccc(-c3cccnc3)n2)c1.COC(=O)c1ccc(C)c(N)c1.Cc1ccc(C(=O)O)cc1Cc1nccc(-c2cccnc2)n1. The number of pyridine rings is 4. The van der Waals surface area contributed by atoms with E-state index >= 15 is 0 Å². The molecule has 21 nitrogen and oxygen atoms in total. The van der Waals surface area contributed by atoms with E-state index in [-0.39, 0.29) is 48.3 Å². The van der Waals surface area contributed by atoms with E-state index in [4.69, 9.17) is 26.7 Å². The molecule has 0 aliphatic rings. The Hall–Kier alpha value is -12.1. The molecule has 0 saturated heterocycles. The molecular weight excluding hydrogens is 1200 g/mol. The second kappa shape index (κ2) is 39.2. The Bertz CT molecular complexity index is 4210. The van der Waals surface area contributed by atoms with Crippen LogP contribution >= 0.6 is 0 Å². The quantitative estimate of drug-likeness (QED) is 0.0141. The van der Waals surface area contributed by atoms with E-state index in [1.165, 1.54) is 34.3 Å². The van der Waals surface area contributed by atoms with Crippen molar-refractivity contribution in [1.29, 1.82) is 5.41 Å². The van der Waals surface area contributed by atoms with Crippen LogP contribution in [0.1, 0.15) is 134 Å². The molecule has 0 atom stereocenters. The summed E-state index contributed by atoms with van der Waals surface area (Å²) in [6, 6.07) is 39.2. The number of nitrogens with one attached hydrogen (secondary N) is 1. The van der Waals surface area contributed by atoms with Crippen molar-refractivity contribution in [2.45, 2.75) is 68.2 Å². The van der Waals surface area contributed by atoms with E-state index in [1.807, 2.05) is 95.3 Å². The molecule has 6 N–H and O–H groups in total. The third-order valence-electron chi connectivity index (χ3n) is 13.6. The zero-order valence-corrected chi connectivity index (χ0v) is 53.6. The summed E-state index contributed by atoms with van der Waals surface area (Å²) in [6.07, 6.45) is 21.5. The van der Waals surface area contributed by atoms with Crippen molar-refractivity contribution in [2.24, 2.45) is 5.73 Å². The minimum absolute atomic E-state index is 0. The molecule has 0 radical (unpaired) electrons. The zero-order valence-electron chi connectivity index (χ0n) is 53.6. The van der Waals surface area contributed by atoms with Gasteiger partial charge in [0.15, 0.2) is 11.6 Å². The molecule has 0 aliphatic heterocycles. The van der Waals surface area contributed by atoms with Crippen LogP contribution in [0.5, 0.6) is 0 Å². The first kappa shape index (κ1) is 75.3. The van der Waals surface area contributed by atoms with Gasteiger partial charge >= 0.3 is 23.9 Å². The molecule has 95 heavy (non-hydrogen) atoms. The average molecular weight is 1280 g/mol. The van der Waals surface area contributed by atoms with Gasteiger partial charge in [-0.2, -0.15) is 0 Å². The van der Waals surface area contributed by atoms with Crippen LogP contribution in [0, 0.1) is 33.1 Å². The summed E-state index contributed by atoms with van der Waals surface area (Å²) in [4.78, 5) is 100. The number of aromatic carboxylic acids is 1. The number of carbonyl (C=O) groups excluding carboxylic acids is 5. The van der Waals surface area contributed by atoms with Gasteiger partial charge in [-0.1, -0.05) is 37.8 Å². The highest BCUT2D eigenvalue weighted by atomic mass is 16.5. The summed E-state index contributed by atoms with van der Waals surface area (Å²) in [7, 11) is 4.06. The number of esters is 3. The van der Waals surface area contributed by atoms with E-state index in [1.54, 1.807) is 141 Å². The predicted molar refractivity (Wildman–Crippen MR) is 366 cm³/mol. The molecule has 10 rings (SSSR count). The third-order valence-corrected chi connectivity index (χ3v) is 13.6. The number of amidine groups is 1. The molecule has 6 heterocycles. The Morgan fingerprint density at radius 2 is 0.884 bits per heavy atom. The van der Waals surface area contributed by atoms with Crippen molar-refractivity contribution < 1.29 is 48.1 Å². The molecule has 4 aromatic carbocycles. The topological polar surface area (TPSA) is 329 Å². The van der Waals surface area contributed by atoms with Gasteiger partial charge in [0.2, 0.25) is 0 Å². The highest BCUT2D eigenvalue weighted by Gasteiger charge is 2.14. The van der Waals surface area contributed by atoms with E-state index < -0.39 is 5.97 Å². The fourth-order valence-corrected chi connectivity index (χ4v) is 8.29. The van der Waals surface area contributed by atoms with Gasteiger partial charge in [-0.15, -0.1) is 0 Å². The van der Waals surface area contributed by atoms with Crippen LogP contribution in [0.3, 0.4) is 0 Å². The number of hydrogen-bond donors (Lipinski definition) is 4. The smallest absolute Gasteiger partial charge is 0.337 e. The summed E-state index contributed by atoms with van der Waals surface area (Å²) < 4.78 is 13.9. The first-order valence-corrected chi connectivity index (χ1v) is 29.0. The summed E-state index contributed by atoms with van der Waals surface area (Å²) in [5.41, 5.74) is 25.0. The summed E-state index contributed by atoms with van der Waals surface area (Å²) in [6.45, 7) is 11.1. The fraction of sp³-hybridized carbons (Fsp3) is 0.176. The number of ether oxygens (including phenoxy) is 3. The van der Waals surface area contributed by atoms with E-state index in [0.717, 1.165) is 61.5 Å². The Morgan fingerprint density at radius 1 is 0.495 bits per heavy atom. The summed E-state index contributed by atoms with van der Waals surface area (Å²) >= 11 is 0. The maximum atomic E-state index is 11.7. The number of methoxy groups -OCH3 is 3. The maximum absolute atomic E-state index is 11.7. The van der Waals surface area contributed by atoms with Gasteiger partial charge in [0.05, 0.1) is 60.8 Å². The molecule has 0 unspecified atom stereocenters. The number of nitrogens with two attached hydrogens (primary N) is 2. The minimum Gasteiger partial charge on any atom is -0.478 e. The van der Waals surface area contributed by atoms with E-state index in [0.29, 0.717) is 64.4 Å². The number of carbonyl (C=O) groups is 6. The number of carboxylic acids is 1. The molecule has 21 heteroatoms. The van der Waals surface area contributed by atoms with Gasteiger partial charge in [-0.05, 0) is 196 Å². The number of carboxylic acid groups (broad SMARTS) is 1. The first-order chi connectivity index (χ1) is 45.1. The molecule has 0 fully saturated rings. The molecule has 6 aromatic heterocycles.